The standard InChI is InChI=1S/C25H14ClF3N6O2/c26-15-3-2-14(8-17(15)28)33-25(37)35-19-6-4-16(27)22(23(19)29)24(36)12-1-5-18-20(7-12)34-21(11-30-18)13-9-31-32-10-13/h1-11H,(H,31,32)(H2,33,35,37). The normalized spacial score (nSPS) is 10.9. The number of aromatic nitrogens is 4. The number of hydrogen-bond donors (Lipinski definition) is 3. The Balaban J connectivity index is 1.43. The Morgan fingerprint density at radius 3 is 2.49 bits per heavy atom. The van der Waals surface area contributed by atoms with Gasteiger partial charge in [-0.15, -0.1) is 0 Å². The van der Waals surface area contributed by atoms with Gasteiger partial charge in [-0.1, -0.05) is 11.6 Å². The summed E-state index contributed by atoms with van der Waals surface area (Å²) in [4.78, 5) is 34.1. The van der Waals surface area contributed by atoms with Gasteiger partial charge in [-0.2, -0.15) is 5.10 Å². The first-order valence-corrected chi connectivity index (χ1v) is 11.0. The molecule has 0 atom stereocenters. The molecule has 0 bridgehead atoms. The van der Waals surface area contributed by atoms with Gasteiger partial charge in [-0.05, 0) is 48.5 Å². The van der Waals surface area contributed by atoms with Crippen LogP contribution in [0.25, 0.3) is 22.3 Å². The molecule has 0 aliphatic rings. The summed E-state index contributed by atoms with van der Waals surface area (Å²) in [5.74, 6) is -4.12. The number of halogens is 4. The number of anilines is 2. The van der Waals surface area contributed by atoms with Crippen LogP contribution in [0.15, 0.2) is 67.1 Å². The third-order valence-electron chi connectivity index (χ3n) is 5.34. The molecule has 0 aliphatic heterocycles. The molecule has 2 heterocycles. The van der Waals surface area contributed by atoms with E-state index in [1.807, 2.05) is 0 Å². The molecule has 0 unspecified atom stereocenters. The quantitative estimate of drug-likeness (QED) is 0.246. The molecule has 3 N–H and O–H groups in total. The lowest BCUT2D eigenvalue weighted by Crippen LogP contribution is -2.21. The molecule has 8 nitrogen and oxygen atoms in total. The number of H-pyrrole nitrogens is 1. The summed E-state index contributed by atoms with van der Waals surface area (Å²) in [5.41, 5.74) is 0.632. The number of nitrogens with one attached hydrogen (secondary N) is 3. The molecule has 2 aromatic heterocycles. The summed E-state index contributed by atoms with van der Waals surface area (Å²) in [7, 11) is 0. The molecule has 0 saturated heterocycles. The molecule has 37 heavy (non-hydrogen) atoms. The number of ketones is 1. The lowest BCUT2D eigenvalue weighted by molar-refractivity contribution is 0.103. The maximum atomic E-state index is 15.2. The number of benzene rings is 3. The van der Waals surface area contributed by atoms with Gasteiger partial charge >= 0.3 is 6.03 Å². The van der Waals surface area contributed by atoms with Gasteiger partial charge < -0.3 is 10.6 Å². The summed E-state index contributed by atoms with van der Waals surface area (Å²) in [6.45, 7) is 0. The van der Waals surface area contributed by atoms with Gasteiger partial charge in [0, 0.05) is 23.0 Å². The minimum atomic E-state index is -1.28. The number of rotatable bonds is 5. The Kier molecular flexibility index (Phi) is 6.28. The van der Waals surface area contributed by atoms with E-state index in [0.29, 0.717) is 22.3 Å². The Labute approximate surface area is 211 Å². The molecule has 0 aliphatic carbocycles. The number of amides is 2. The largest absolute Gasteiger partial charge is 0.323 e. The SMILES string of the molecule is O=C(Nc1ccc(Cl)c(F)c1)Nc1ccc(F)c(C(=O)c2ccc3ncc(-c4cn[nH]c4)nc3c2)c1F. The predicted molar refractivity (Wildman–Crippen MR) is 131 cm³/mol. The number of fused-ring (bicyclic) bond motifs is 1. The zero-order chi connectivity index (χ0) is 26.1. The van der Waals surface area contributed by atoms with Gasteiger partial charge in [0.2, 0.25) is 0 Å². The van der Waals surface area contributed by atoms with Crippen LogP contribution in [0.4, 0.5) is 29.3 Å². The first-order valence-electron chi connectivity index (χ1n) is 10.6. The van der Waals surface area contributed by atoms with E-state index >= 15 is 4.39 Å². The highest BCUT2D eigenvalue weighted by molar-refractivity contribution is 6.30. The minimum absolute atomic E-state index is 0.0396. The van der Waals surface area contributed by atoms with E-state index in [2.05, 4.69) is 30.8 Å². The summed E-state index contributed by atoms with van der Waals surface area (Å²) < 4.78 is 43.4. The van der Waals surface area contributed by atoms with Crippen LogP contribution >= 0.6 is 11.6 Å². The summed E-state index contributed by atoms with van der Waals surface area (Å²) in [6, 6.07) is 8.66. The number of aromatic amines is 1. The van der Waals surface area contributed by atoms with Crippen LogP contribution in [0.3, 0.4) is 0 Å². The van der Waals surface area contributed by atoms with Crippen LogP contribution in [-0.4, -0.2) is 32.0 Å². The minimum Gasteiger partial charge on any atom is -0.308 e. The Morgan fingerprint density at radius 1 is 0.892 bits per heavy atom. The van der Waals surface area contributed by atoms with Crippen molar-refractivity contribution in [1.82, 2.24) is 20.2 Å². The van der Waals surface area contributed by atoms with Crippen LogP contribution in [0.1, 0.15) is 15.9 Å². The molecule has 3 aromatic carbocycles. The zero-order valence-electron chi connectivity index (χ0n) is 18.5. The highest BCUT2D eigenvalue weighted by Crippen LogP contribution is 2.26. The summed E-state index contributed by atoms with van der Waals surface area (Å²) in [5, 5.41) is 10.9. The number of urea groups is 1. The third-order valence-corrected chi connectivity index (χ3v) is 5.65. The molecule has 0 fully saturated rings. The van der Waals surface area contributed by atoms with Crippen LogP contribution in [0.2, 0.25) is 5.02 Å². The average molecular weight is 523 g/mol. The number of carbonyl (C=O) groups is 2. The van der Waals surface area contributed by atoms with Gasteiger partial charge in [0.15, 0.2) is 11.6 Å². The van der Waals surface area contributed by atoms with Crippen molar-refractivity contribution in [2.24, 2.45) is 0 Å². The smallest absolute Gasteiger partial charge is 0.308 e. The van der Waals surface area contributed by atoms with Crippen molar-refractivity contribution in [1.29, 1.82) is 0 Å². The topological polar surface area (TPSA) is 113 Å². The van der Waals surface area contributed by atoms with Gasteiger partial charge in [0.1, 0.15) is 11.6 Å². The van der Waals surface area contributed by atoms with Crippen molar-refractivity contribution >= 4 is 45.8 Å². The number of nitrogens with zero attached hydrogens (tertiary/aromatic N) is 3. The second-order valence-corrected chi connectivity index (χ2v) is 8.17. The summed E-state index contributed by atoms with van der Waals surface area (Å²) >= 11 is 5.61. The van der Waals surface area contributed by atoms with E-state index in [0.717, 1.165) is 18.2 Å². The van der Waals surface area contributed by atoms with Crippen LogP contribution < -0.4 is 10.6 Å². The van der Waals surface area contributed by atoms with Crippen molar-refractivity contribution in [3.05, 3.63) is 101 Å². The fourth-order valence-corrected chi connectivity index (χ4v) is 3.66. The molecule has 5 aromatic rings. The fourth-order valence-electron chi connectivity index (χ4n) is 3.54. The first-order chi connectivity index (χ1) is 17.8. The Hall–Kier alpha value is -4.77. The maximum absolute atomic E-state index is 15.2. The summed E-state index contributed by atoms with van der Waals surface area (Å²) in [6.07, 6.45) is 4.70. The highest BCUT2D eigenvalue weighted by Gasteiger charge is 2.23. The lowest BCUT2D eigenvalue weighted by atomic mass is 10.0. The first kappa shape index (κ1) is 23.9. The van der Waals surface area contributed by atoms with Crippen molar-refractivity contribution < 1.29 is 22.8 Å². The van der Waals surface area contributed by atoms with Crippen molar-refractivity contribution in [3.63, 3.8) is 0 Å². The van der Waals surface area contributed by atoms with Crippen molar-refractivity contribution in [2.45, 2.75) is 0 Å². The molecule has 184 valence electrons. The molecule has 0 spiro atoms. The second-order valence-electron chi connectivity index (χ2n) is 7.77. The molecule has 2 amide bonds. The Bertz CT molecular complexity index is 1680. The third kappa shape index (κ3) is 4.84. The monoisotopic (exact) mass is 522 g/mol. The number of hydrogen-bond acceptors (Lipinski definition) is 5. The van der Waals surface area contributed by atoms with E-state index < -0.39 is 40.5 Å². The van der Waals surface area contributed by atoms with Gasteiger partial charge in [0.05, 0.1) is 45.4 Å². The second kappa shape index (κ2) is 9.70. The van der Waals surface area contributed by atoms with E-state index in [4.69, 9.17) is 11.6 Å². The molecule has 12 heteroatoms. The van der Waals surface area contributed by atoms with E-state index in [1.54, 1.807) is 12.4 Å². The van der Waals surface area contributed by atoms with Gasteiger partial charge in [0.25, 0.3) is 0 Å². The van der Waals surface area contributed by atoms with Crippen molar-refractivity contribution in [2.75, 3.05) is 10.6 Å². The van der Waals surface area contributed by atoms with E-state index in [-0.39, 0.29) is 16.3 Å². The maximum Gasteiger partial charge on any atom is 0.323 e. The molecule has 0 saturated carbocycles. The van der Waals surface area contributed by atoms with Gasteiger partial charge in [-0.25, -0.2) is 22.9 Å². The lowest BCUT2D eigenvalue weighted by Gasteiger charge is -2.12. The van der Waals surface area contributed by atoms with Crippen LogP contribution in [0, 0.1) is 17.5 Å². The number of carbonyl (C=O) groups excluding carboxylic acids is 2. The van der Waals surface area contributed by atoms with E-state index in [9.17, 15) is 18.4 Å². The molecular formula is C25H14ClF3N6O2. The molecule has 5 rings (SSSR count). The predicted octanol–water partition coefficient (Wildman–Crippen LogP) is 5.97. The van der Waals surface area contributed by atoms with Gasteiger partial charge in [-0.3, -0.25) is 14.9 Å². The Morgan fingerprint density at radius 2 is 1.73 bits per heavy atom. The van der Waals surface area contributed by atoms with Crippen LogP contribution in [-0.2, 0) is 0 Å². The molecule has 0 radical (unpaired) electrons. The highest BCUT2D eigenvalue weighted by atomic mass is 35.5. The molecular weight excluding hydrogens is 509 g/mol. The fraction of sp³-hybridized carbons (Fsp3) is 0. The van der Waals surface area contributed by atoms with Crippen molar-refractivity contribution in [3.8, 4) is 11.3 Å². The zero-order valence-corrected chi connectivity index (χ0v) is 19.3. The van der Waals surface area contributed by atoms with E-state index in [1.165, 1.54) is 36.5 Å². The average Bonchev–Trinajstić information content (AvgIpc) is 3.42. The van der Waals surface area contributed by atoms with Crippen LogP contribution in [0.5, 0.6) is 0 Å².